The number of amides is 1. The van der Waals surface area contributed by atoms with Crippen LogP contribution in [0.25, 0.3) is 22.3 Å². The zero-order chi connectivity index (χ0) is 19.6. The number of nitrogens with one attached hydrogen (secondary N) is 1. The normalized spacial score (nSPS) is 11.4. The van der Waals surface area contributed by atoms with Crippen molar-refractivity contribution in [3.63, 3.8) is 0 Å². The van der Waals surface area contributed by atoms with Crippen molar-refractivity contribution in [1.29, 1.82) is 0 Å². The maximum atomic E-state index is 11.8. The van der Waals surface area contributed by atoms with Crippen molar-refractivity contribution in [1.82, 2.24) is 20.4 Å². The van der Waals surface area contributed by atoms with E-state index in [0.29, 0.717) is 28.2 Å². The minimum atomic E-state index is -0.457. The van der Waals surface area contributed by atoms with E-state index in [-0.39, 0.29) is 11.9 Å². The molecule has 0 radical (unpaired) electrons. The number of hydroxylamine groups is 1. The van der Waals surface area contributed by atoms with Crippen molar-refractivity contribution in [2.45, 2.75) is 26.4 Å². The predicted molar refractivity (Wildman–Crippen MR) is 102 cm³/mol. The van der Waals surface area contributed by atoms with Crippen LogP contribution in [0, 0.1) is 0 Å². The number of aromatic nitrogens is 3. The van der Waals surface area contributed by atoms with Gasteiger partial charge in [-0.1, -0.05) is 12.1 Å². The van der Waals surface area contributed by atoms with E-state index < -0.39 is 5.60 Å². The van der Waals surface area contributed by atoms with Crippen LogP contribution in [0.3, 0.4) is 0 Å². The number of nitrogens with zero attached hydrogens (tertiary/aromatic N) is 3. The number of carbonyl (C=O) groups is 1. The predicted octanol–water partition coefficient (Wildman–Crippen LogP) is 2.74. The largest absolute Gasteiger partial charge is 0.470 e. The molecule has 8 heteroatoms. The average Bonchev–Trinajstić information content (AvgIpc) is 2.60. The van der Waals surface area contributed by atoms with Gasteiger partial charge in [0.05, 0.1) is 18.3 Å². The Morgan fingerprint density at radius 3 is 2.37 bits per heavy atom. The Hall–Kier alpha value is -3.26. The summed E-state index contributed by atoms with van der Waals surface area (Å²) in [4.78, 5) is 29.5. The summed E-state index contributed by atoms with van der Waals surface area (Å²) in [5.41, 5.74) is 10.8. The smallest absolute Gasteiger partial charge is 0.274 e. The Kier molecular flexibility index (Phi) is 4.91. The minimum absolute atomic E-state index is 0.129. The molecule has 0 unspecified atom stereocenters. The molecule has 2 aromatic heterocycles. The van der Waals surface area contributed by atoms with Gasteiger partial charge in [0.1, 0.15) is 5.60 Å². The summed E-state index contributed by atoms with van der Waals surface area (Å²) in [5, 5.41) is 0. The summed E-state index contributed by atoms with van der Waals surface area (Å²) >= 11 is 0. The van der Waals surface area contributed by atoms with E-state index >= 15 is 0 Å². The second-order valence-electron chi connectivity index (χ2n) is 6.88. The molecule has 1 aromatic carbocycles. The number of anilines is 1. The van der Waals surface area contributed by atoms with Crippen LogP contribution in [0.15, 0.2) is 36.4 Å². The van der Waals surface area contributed by atoms with Gasteiger partial charge in [-0.05, 0) is 45.0 Å². The fourth-order valence-electron chi connectivity index (χ4n) is 2.47. The lowest BCUT2D eigenvalue weighted by atomic mass is 10.1. The van der Waals surface area contributed by atoms with Gasteiger partial charge in [0.15, 0.2) is 5.52 Å². The molecular formula is C19H21N5O3. The first-order chi connectivity index (χ1) is 12.8. The van der Waals surface area contributed by atoms with Crippen LogP contribution in [0.2, 0.25) is 0 Å². The third-order valence-electron chi connectivity index (χ3n) is 3.57. The first-order valence-electron chi connectivity index (χ1n) is 8.34. The van der Waals surface area contributed by atoms with E-state index in [1.807, 2.05) is 32.9 Å². The third-order valence-corrected chi connectivity index (χ3v) is 3.57. The van der Waals surface area contributed by atoms with E-state index in [4.69, 9.17) is 10.5 Å². The van der Waals surface area contributed by atoms with Gasteiger partial charge < -0.3 is 10.5 Å². The number of fused-ring (bicyclic) bond motifs is 1. The van der Waals surface area contributed by atoms with Gasteiger partial charge in [-0.2, -0.15) is 4.98 Å². The molecule has 0 fully saturated rings. The molecule has 0 atom stereocenters. The highest BCUT2D eigenvalue weighted by Crippen LogP contribution is 2.28. The van der Waals surface area contributed by atoms with Crippen LogP contribution in [0.5, 0.6) is 5.88 Å². The lowest BCUT2D eigenvalue weighted by Crippen LogP contribution is -2.24. The number of rotatable bonds is 4. The zero-order valence-electron chi connectivity index (χ0n) is 15.6. The highest BCUT2D eigenvalue weighted by molar-refractivity contribution is 5.94. The van der Waals surface area contributed by atoms with Crippen molar-refractivity contribution in [3.05, 3.63) is 42.0 Å². The van der Waals surface area contributed by atoms with Gasteiger partial charge in [-0.15, -0.1) is 0 Å². The Balaban J connectivity index is 2.02. The fraction of sp³-hybridized carbons (Fsp3) is 0.263. The van der Waals surface area contributed by atoms with Gasteiger partial charge in [-0.3, -0.25) is 9.63 Å². The highest BCUT2D eigenvalue weighted by atomic mass is 16.6. The number of ether oxygens (including phenoxy) is 1. The molecule has 0 saturated heterocycles. The molecule has 27 heavy (non-hydrogen) atoms. The number of nitrogens with two attached hydrogens (primary N) is 1. The molecule has 0 aliphatic rings. The molecule has 3 rings (SSSR count). The SMILES string of the molecule is CONC(=O)c1ccc(-c2ccc3nc(N)nc(OC(C)(C)C)c3n2)cc1. The molecule has 0 aliphatic heterocycles. The van der Waals surface area contributed by atoms with Crippen molar-refractivity contribution in [2.75, 3.05) is 12.8 Å². The van der Waals surface area contributed by atoms with Gasteiger partial charge >= 0.3 is 0 Å². The summed E-state index contributed by atoms with van der Waals surface area (Å²) in [6, 6.07) is 10.7. The quantitative estimate of drug-likeness (QED) is 0.682. The first-order valence-corrected chi connectivity index (χ1v) is 8.34. The topological polar surface area (TPSA) is 112 Å². The number of pyridine rings is 1. The highest BCUT2D eigenvalue weighted by Gasteiger charge is 2.18. The maximum Gasteiger partial charge on any atom is 0.274 e. The van der Waals surface area contributed by atoms with Crippen LogP contribution in [-0.2, 0) is 4.84 Å². The number of hydrogen-bond acceptors (Lipinski definition) is 7. The molecule has 3 aromatic rings. The number of benzene rings is 1. The lowest BCUT2D eigenvalue weighted by molar-refractivity contribution is 0.0537. The fourth-order valence-corrected chi connectivity index (χ4v) is 2.47. The van der Waals surface area contributed by atoms with Crippen molar-refractivity contribution in [2.24, 2.45) is 0 Å². The Morgan fingerprint density at radius 1 is 1.04 bits per heavy atom. The number of carbonyl (C=O) groups excluding carboxylic acids is 1. The Morgan fingerprint density at radius 2 is 1.74 bits per heavy atom. The van der Waals surface area contributed by atoms with E-state index in [0.717, 1.165) is 5.56 Å². The molecule has 140 valence electrons. The van der Waals surface area contributed by atoms with E-state index in [9.17, 15) is 4.79 Å². The molecule has 0 aliphatic carbocycles. The number of nitrogen functional groups attached to an aromatic ring is 1. The van der Waals surface area contributed by atoms with Gasteiger partial charge in [-0.25, -0.2) is 15.4 Å². The average molecular weight is 367 g/mol. The van der Waals surface area contributed by atoms with Crippen molar-refractivity contribution < 1.29 is 14.4 Å². The molecule has 0 spiro atoms. The summed E-state index contributed by atoms with van der Waals surface area (Å²) in [5.74, 6) is 0.146. The monoisotopic (exact) mass is 367 g/mol. The van der Waals surface area contributed by atoms with E-state index in [2.05, 4.69) is 25.3 Å². The zero-order valence-corrected chi connectivity index (χ0v) is 15.6. The Bertz CT molecular complexity index is 981. The van der Waals surface area contributed by atoms with E-state index in [1.165, 1.54) is 7.11 Å². The summed E-state index contributed by atoms with van der Waals surface area (Å²) < 4.78 is 5.90. The van der Waals surface area contributed by atoms with Crippen molar-refractivity contribution >= 4 is 22.9 Å². The van der Waals surface area contributed by atoms with E-state index in [1.54, 1.807) is 24.3 Å². The second kappa shape index (κ2) is 7.16. The lowest BCUT2D eigenvalue weighted by Gasteiger charge is -2.21. The molecule has 3 N–H and O–H groups in total. The van der Waals surface area contributed by atoms with Crippen LogP contribution in [0.1, 0.15) is 31.1 Å². The summed E-state index contributed by atoms with van der Waals surface area (Å²) in [6.45, 7) is 5.76. The third kappa shape index (κ3) is 4.29. The minimum Gasteiger partial charge on any atom is -0.470 e. The van der Waals surface area contributed by atoms with Gasteiger partial charge in [0.25, 0.3) is 5.91 Å². The number of hydrogen-bond donors (Lipinski definition) is 2. The van der Waals surface area contributed by atoms with Crippen LogP contribution >= 0.6 is 0 Å². The molecule has 0 saturated carbocycles. The maximum absolute atomic E-state index is 11.8. The van der Waals surface area contributed by atoms with Gasteiger partial charge in [0, 0.05) is 11.1 Å². The molecular weight excluding hydrogens is 346 g/mol. The van der Waals surface area contributed by atoms with Crippen LogP contribution < -0.4 is 16.0 Å². The van der Waals surface area contributed by atoms with Crippen LogP contribution in [0.4, 0.5) is 5.95 Å². The standard InChI is InChI=1S/C19H21N5O3/c1-19(2,3)27-17-15-14(22-18(20)23-17)10-9-13(21-15)11-5-7-12(8-6-11)16(25)24-26-4/h5-10H,1-4H3,(H,24,25)(H2,20,22,23). The van der Waals surface area contributed by atoms with Crippen molar-refractivity contribution in [3.8, 4) is 17.1 Å². The Labute approximate surface area is 156 Å². The van der Waals surface area contributed by atoms with Gasteiger partial charge in [0.2, 0.25) is 11.8 Å². The molecule has 8 nitrogen and oxygen atoms in total. The second-order valence-corrected chi connectivity index (χ2v) is 6.88. The summed E-state index contributed by atoms with van der Waals surface area (Å²) in [6.07, 6.45) is 0. The first kappa shape index (κ1) is 18.5. The molecule has 0 bridgehead atoms. The molecule has 2 heterocycles. The molecule has 1 amide bonds. The summed E-state index contributed by atoms with van der Waals surface area (Å²) in [7, 11) is 1.39. The van der Waals surface area contributed by atoms with Crippen LogP contribution in [-0.4, -0.2) is 33.6 Å².